The maximum atomic E-state index is 12.4. The molecule has 0 radical (unpaired) electrons. The van der Waals surface area contributed by atoms with Crippen molar-refractivity contribution in [3.05, 3.63) is 75.2 Å². The minimum atomic E-state index is -0.470. The van der Waals surface area contributed by atoms with Crippen molar-refractivity contribution in [1.29, 1.82) is 0 Å². The number of ether oxygens (including phenoxy) is 1. The van der Waals surface area contributed by atoms with Crippen molar-refractivity contribution in [2.24, 2.45) is 11.3 Å². The van der Waals surface area contributed by atoms with E-state index in [-0.39, 0.29) is 24.2 Å². The first-order valence-electron chi connectivity index (χ1n) is 9.52. The zero-order valence-electron chi connectivity index (χ0n) is 15.8. The molecule has 2 aromatic rings. The predicted molar refractivity (Wildman–Crippen MR) is 117 cm³/mol. The van der Waals surface area contributed by atoms with E-state index in [9.17, 15) is 9.59 Å². The van der Waals surface area contributed by atoms with Crippen LogP contribution < -0.4 is 5.32 Å². The van der Waals surface area contributed by atoms with Gasteiger partial charge in [0.15, 0.2) is 0 Å². The predicted octanol–water partition coefficient (Wildman–Crippen LogP) is 5.34. The Labute approximate surface area is 183 Å². The van der Waals surface area contributed by atoms with Crippen LogP contribution >= 0.6 is 27.5 Å². The molecule has 0 bridgehead atoms. The van der Waals surface area contributed by atoms with Gasteiger partial charge >= 0.3 is 5.97 Å². The lowest BCUT2D eigenvalue weighted by molar-refractivity contribution is -0.146. The second-order valence-electron chi connectivity index (χ2n) is 7.92. The van der Waals surface area contributed by atoms with Crippen molar-refractivity contribution in [2.45, 2.75) is 25.7 Å². The van der Waals surface area contributed by atoms with Crippen LogP contribution in [0.1, 0.15) is 24.0 Å². The summed E-state index contributed by atoms with van der Waals surface area (Å²) in [5, 5.41) is 3.54. The summed E-state index contributed by atoms with van der Waals surface area (Å²) in [4.78, 5) is 24.8. The number of nitrogens with one attached hydrogen (secondary N) is 1. The number of carbonyl (C=O) groups excluding carboxylic acids is 2. The second-order valence-corrected chi connectivity index (χ2v) is 9.21. The van der Waals surface area contributed by atoms with Gasteiger partial charge in [-0.1, -0.05) is 57.9 Å². The average molecular weight is 475 g/mol. The SMILES string of the molecule is C=C1CC2COC(=O)C2(Cc2ccc(NC(=O)Cc3ccc(Cl)cc3Br)cc2)C1. The molecule has 1 saturated heterocycles. The molecule has 1 amide bonds. The topological polar surface area (TPSA) is 55.4 Å². The average Bonchev–Trinajstić information content (AvgIpc) is 3.13. The fourth-order valence-corrected chi connectivity index (χ4v) is 5.20. The molecular formula is C23H21BrClNO3. The van der Waals surface area contributed by atoms with Crippen LogP contribution in [-0.4, -0.2) is 18.5 Å². The second kappa shape index (κ2) is 7.96. The molecule has 150 valence electrons. The van der Waals surface area contributed by atoms with Crippen LogP contribution in [0.25, 0.3) is 0 Å². The monoisotopic (exact) mass is 473 g/mol. The van der Waals surface area contributed by atoms with E-state index < -0.39 is 5.41 Å². The quantitative estimate of drug-likeness (QED) is 0.470. The van der Waals surface area contributed by atoms with E-state index in [2.05, 4.69) is 27.8 Å². The Hall–Kier alpha value is -2.11. The highest BCUT2D eigenvalue weighted by atomic mass is 79.9. The van der Waals surface area contributed by atoms with Crippen molar-refractivity contribution in [3.8, 4) is 0 Å². The fraction of sp³-hybridized carbons (Fsp3) is 0.304. The van der Waals surface area contributed by atoms with Crippen LogP contribution in [0, 0.1) is 11.3 Å². The van der Waals surface area contributed by atoms with Gasteiger partial charge in [0.05, 0.1) is 18.4 Å². The Balaban J connectivity index is 1.41. The molecule has 2 fully saturated rings. The lowest BCUT2D eigenvalue weighted by Gasteiger charge is -2.24. The molecule has 1 heterocycles. The molecule has 0 spiro atoms. The molecule has 1 aliphatic carbocycles. The van der Waals surface area contributed by atoms with Gasteiger partial charge in [-0.25, -0.2) is 0 Å². The van der Waals surface area contributed by atoms with Gasteiger partial charge in [-0.3, -0.25) is 9.59 Å². The van der Waals surface area contributed by atoms with Crippen LogP contribution in [0.4, 0.5) is 5.69 Å². The first kappa shape index (κ1) is 20.2. The summed E-state index contributed by atoms with van der Waals surface area (Å²) < 4.78 is 6.16. The van der Waals surface area contributed by atoms with Gasteiger partial charge in [-0.15, -0.1) is 0 Å². The summed E-state index contributed by atoms with van der Waals surface area (Å²) in [6.07, 6.45) is 2.45. The normalized spacial score (nSPS) is 23.0. The Morgan fingerprint density at radius 2 is 2.03 bits per heavy atom. The molecule has 2 atom stereocenters. The summed E-state index contributed by atoms with van der Waals surface area (Å²) in [6.45, 7) is 4.58. The highest BCUT2D eigenvalue weighted by molar-refractivity contribution is 9.10. The van der Waals surface area contributed by atoms with Crippen LogP contribution in [0.15, 0.2) is 59.1 Å². The van der Waals surface area contributed by atoms with E-state index in [1.54, 1.807) is 12.1 Å². The van der Waals surface area contributed by atoms with Gasteiger partial charge in [-0.2, -0.15) is 0 Å². The highest BCUT2D eigenvalue weighted by Crippen LogP contribution is 2.52. The van der Waals surface area contributed by atoms with E-state index in [0.29, 0.717) is 24.5 Å². The van der Waals surface area contributed by atoms with Crippen molar-refractivity contribution >= 4 is 45.1 Å². The van der Waals surface area contributed by atoms with Gasteiger partial charge in [0, 0.05) is 21.1 Å². The molecule has 29 heavy (non-hydrogen) atoms. The standard InChI is InChI=1S/C23H21BrClNO3/c1-14-8-17-13-29-22(28)23(17,11-14)12-15-2-6-19(7-3-15)26-21(27)9-16-4-5-18(25)10-20(16)24/h2-7,10,17H,1,8-9,11-13H2,(H,26,27). The molecule has 4 nitrogen and oxygen atoms in total. The number of amides is 1. The van der Waals surface area contributed by atoms with Gasteiger partial charge < -0.3 is 10.1 Å². The Kier molecular flexibility index (Phi) is 5.54. The number of esters is 1. The molecule has 2 aliphatic rings. The fourth-order valence-electron chi connectivity index (χ4n) is 4.38. The summed E-state index contributed by atoms with van der Waals surface area (Å²) in [6, 6.07) is 13.1. The van der Waals surface area contributed by atoms with Crippen molar-refractivity contribution in [2.75, 3.05) is 11.9 Å². The number of benzene rings is 2. The number of cyclic esters (lactones) is 1. The third-order valence-electron chi connectivity index (χ3n) is 5.83. The zero-order chi connectivity index (χ0) is 20.6. The third-order valence-corrected chi connectivity index (χ3v) is 6.80. The maximum absolute atomic E-state index is 12.4. The number of hydrogen-bond donors (Lipinski definition) is 1. The van der Waals surface area contributed by atoms with Gasteiger partial charge in [0.2, 0.25) is 5.91 Å². The van der Waals surface area contributed by atoms with Crippen LogP contribution in [0.5, 0.6) is 0 Å². The summed E-state index contributed by atoms with van der Waals surface area (Å²) in [7, 11) is 0. The van der Waals surface area contributed by atoms with E-state index >= 15 is 0 Å². The van der Waals surface area contributed by atoms with Crippen LogP contribution in [0.3, 0.4) is 0 Å². The van der Waals surface area contributed by atoms with E-state index in [1.165, 1.54) is 0 Å². The van der Waals surface area contributed by atoms with E-state index in [4.69, 9.17) is 16.3 Å². The van der Waals surface area contributed by atoms with Crippen molar-refractivity contribution in [3.63, 3.8) is 0 Å². The van der Waals surface area contributed by atoms with Gasteiger partial charge in [0.25, 0.3) is 0 Å². The molecule has 1 saturated carbocycles. The zero-order valence-corrected chi connectivity index (χ0v) is 18.2. The van der Waals surface area contributed by atoms with E-state index in [0.717, 1.165) is 33.3 Å². The smallest absolute Gasteiger partial charge is 0.313 e. The molecule has 1 aliphatic heterocycles. The number of halogens is 2. The number of rotatable bonds is 5. The summed E-state index contributed by atoms with van der Waals surface area (Å²) >= 11 is 9.38. The van der Waals surface area contributed by atoms with Gasteiger partial charge in [0.1, 0.15) is 0 Å². The summed E-state index contributed by atoms with van der Waals surface area (Å²) in [5.74, 6) is 0.0117. The largest absolute Gasteiger partial charge is 0.465 e. The minimum Gasteiger partial charge on any atom is -0.465 e. The highest BCUT2D eigenvalue weighted by Gasteiger charge is 2.55. The Morgan fingerprint density at radius 1 is 1.28 bits per heavy atom. The van der Waals surface area contributed by atoms with Crippen LogP contribution in [-0.2, 0) is 27.2 Å². The number of carbonyl (C=O) groups is 2. The number of allylic oxidation sites excluding steroid dienone is 1. The van der Waals surface area contributed by atoms with E-state index in [1.807, 2.05) is 30.3 Å². The lowest BCUT2D eigenvalue weighted by Crippen LogP contribution is -2.31. The summed E-state index contributed by atoms with van der Waals surface area (Å²) in [5.41, 5.74) is 3.31. The van der Waals surface area contributed by atoms with Crippen molar-refractivity contribution < 1.29 is 14.3 Å². The molecule has 4 rings (SSSR count). The molecule has 2 unspecified atom stereocenters. The molecule has 6 heteroatoms. The first-order valence-corrected chi connectivity index (χ1v) is 10.7. The first-order chi connectivity index (χ1) is 13.9. The molecule has 2 aromatic carbocycles. The molecule has 1 N–H and O–H groups in total. The lowest BCUT2D eigenvalue weighted by atomic mass is 9.75. The number of hydrogen-bond acceptors (Lipinski definition) is 3. The maximum Gasteiger partial charge on any atom is 0.313 e. The molecular weight excluding hydrogens is 454 g/mol. The Morgan fingerprint density at radius 3 is 2.76 bits per heavy atom. The third kappa shape index (κ3) is 4.12. The molecule has 0 aromatic heterocycles. The minimum absolute atomic E-state index is 0.105. The van der Waals surface area contributed by atoms with Crippen LogP contribution in [0.2, 0.25) is 5.02 Å². The van der Waals surface area contributed by atoms with Gasteiger partial charge in [-0.05, 0) is 54.7 Å². The Bertz CT molecular complexity index is 988. The van der Waals surface area contributed by atoms with Crippen molar-refractivity contribution in [1.82, 2.24) is 0 Å². The number of fused-ring (bicyclic) bond motifs is 1. The number of anilines is 1.